The number of aliphatic hydroxyl groups is 1. The minimum Gasteiger partial charge on any atom is -0.478 e. The Kier molecular flexibility index (Phi) is 9.21. The summed E-state index contributed by atoms with van der Waals surface area (Å²) in [6.07, 6.45) is 5.25. The first-order chi connectivity index (χ1) is 21.9. The van der Waals surface area contributed by atoms with Crippen LogP contribution >= 0.6 is 0 Å². The van der Waals surface area contributed by atoms with Gasteiger partial charge < -0.3 is 34.2 Å². The molecule has 2 N–H and O–H groups in total. The van der Waals surface area contributed by atoms with Gasteiger partial charge in [0.25, 0.3) is 0 Å². The van der Waals surface area contributed by atoms with E-state index >= 15 is 0 Å². The number of methoxy groups -OCH3 is 1. The number of likely N-dealkylation sites (tertiary alicyclic amines) is 1. The number of aliphatic hydroxyl groups excluding tert-OH is 1. The Bertz CT molecular complexity index is 1630. The molecule has 1 spiro atoms. The van der Waals surface area contributed by atoms with Gasteiger partial charge in [-0.05, 0) is 73.7 Å². The molecule has 236 valence electrons. The highest BCUT2D eigenvalue weighted by atomic mass is 16.6. The Labute approximate surface area is 264 Å². The van der Waals surface area contributed by atoms with Crippen LogP contribution in [0.1, 0.15) is 47.2 Å². The van der Waals surface area contributed by atoms with Crippen LogP contribution in [0.5, 0.6) is 0 Å². The number of carboxylic acid groups (broad SMARTS) is 1. The molecule has 3 aromatic carbocycles. The average Bonchev–Trinajstić information content (AvgIpc) is 3.55. The number of rotatable bonds is 12. The number of para-hydroxylation sites is 2. The summed E-state index contributed by atoms with van der Waals surface area (Å²) in [5, 5.41) is 20.6. The molecule has 0 bridgehead atoms. The number of carbonyl (C=O) groups excluding carboxylic acids is 1. The van der Waals surface area contributed by atoms with E-state index < -0.39 is 17.8 Å². The molecule has 1 aromatic heterocycles. The Morgan fingerprint density at radius 2 is 1.73 bits per heavy atom. The van der Waals surface area contributed by atoms with Crippen molar-refractivity contribution in [1.82, 2.24) is 14.4 Å². The zero-order chi connectivity index (χ0) is 31.4. The molecule has 9 nitrogen and oxygen atoms in total. The summed E-state index contributed by atoms with van der Waals surface area (Å²) in [5.41, 5.74) is 3.91. The highest BCUT2D eigenvalue weighted by molar-refractivity contribution is 5.94. The number of carbonyl (C=O) groups is 2. The largest absolute Gasteiger partial charge is 0.478 e. The Balaban J connectivity index is 1.11. The van der Waals surface area contributed by atoms with E-state index in [1.165, 1.54) is 23.6 Å². The van der Waals surface area contributed by atoms with Crippen LogP contribution in [-0.2, 0) is 29.0 Å². The number of piperidine rings is 1. The monoisotopic (exact) mass is 610 g/mol. The van der Waals surface area contributed by atoms with E-state index in [-0.39, 0.29) is 11.5 Å². The second kappa shape index (κ2) is 13.4. The molecule has 3 heterocycles. The van der Waals surface area contributed by atoms with Crippen molar-refractivity contribution in [1.29, 1.82) is 0 Å². The third-order valence-electron chi connectivity index (χ3n) is 9.49. The van der Waals surface area contributed by atoms with E-state index in [4.69, 9.17) is 4.74 Å². The van der Waals surface area contributed by atoms with Gasteiger partial charge in [0, 0.05) is 62.5 Å². The molecule has 2 aliphatic rings. The number of benzene rings is 3. The lowest BCUT2D eigenvalue weighted by molar-refractivity contribution is -0.134. The van der Waals surface area contributed by atoms with Gasteiger partial charge in [-0.25, -0.2) is 4.79 Å². The molecule has 9 heteroatoms. The molecular weight excluding hydrogens is 568 g/mol. The Morgan fingerprint density at radius 3 is 2.49 bits per heavy atom. The van der Waals surface area contributed by atoms with E-state index in [1.54, 1.807) is 18.2 Å². The minimum absolute atomic E-state index is 0.122. The number of hydrogen-bond acceptors (Lipinski definition) is 6. The third-order valence-corrected chi connectivity index (χ3v) is 9.49. The number of amides is 1. The van der Waals surface area contributed by atoms with Crippen LogP contribution in [0.3, 0.4) is 0 Å². The van der Waals surface area contributed by atoms with Gasteiger partial charge >= 0.3 is 5.97 Å². The van der Waals surface area contributed by atoms with Gasteiger partial charge in [-0.2, -0.15) is 0 Å². The summed E-state index contributed by atoms with van der Waals surface area (Å²) < 4.78 is 7.36. The number of nitrogens with zero attached hydrogens (tertiary/aromatic N) is 4. The van der Waals surface area contributed by atoms with Crippen molar-refractivity contribution in [3.05, 3.63) is 102 Å². The van der Waals surface area contributed by atoms with E-state index in [0.717, 1.165) is 63.1 Å². The number of carboxylic acids is 1. The molecular formula is C36H42N4O5. The van der Waals surface area contributed by atoms with Crippen molar-refractivity contribution in [2.45, 2.75) is 57.0 Å². The summed E-state index contributed by atoms with van der Waals surface area (Å²) >= 11 is 0. The Hall–Kier alpha value is -4.18. The van der Waals surface area contributed by atoms with Crippen molar-refractivity contribution < 1.29 is 24.5 Å². The predicted octanol–water partition coefficient (Wildman–Crippen LogP) is 4.97. The number of aromatic carboxylic acids is 1. The van der Waals surface area contributed by atoms with Crippen molar-refractivity contribution in [2.24, 2.45) is 0 Å². The standard InChI is InChI=1S/C36H42N4O5/c1-45-33(41)16-15-29-25-38(32-14-6-5-13-31(29)32)20-8-19-37-21-17-36(18-22-37)35(44)39(26-40(36)30-11-3-2-4-12-30)24-27-9-7-10-28(23-27)34(42)43/h2-7,9-14,23,25,33,41H,8,15-22,24,26H2,1H3,(H,42,43). The van der Waals surface area contributed by atoms with Gasteiger partial charge in [0.15, 0.2) is 6.29 Å². The number of hydrogen-bond donors (Lipinski definition) is 2. The lowest BCUT2D eigenvalue weighted by atomic mass is 9.85. The molecule has 2 fully saturated rings. The third kappa shape index (κ3) is 6.47. The highest BCUT2D eigenvalue weighted by Gasteiger charge is 2.53. The fourth-order valence-electron chi connectivity index (χ4n) is 7.06. The van der Waals surface area contributed by atoms with Crippen LogP contribution in [0, 0.1) is 0 Å². The van der Waals surface area contributed by atoms with E-state index in [9.17, 15) is 19.8 Å². The molecule has 4 aromatic rings. The molecule has 0 radical (unpaired) electrons. The van der Waals surface area contributed by atoms with Crippen LogP contribution in [-0.4, -0.2) is 81.7 Å². The number of aryl methyl sites for hydroxylation is 2. The van der Waals surface area contributed by atoms with Gasteiger partial charge in [0.05, 0.1) is 12.2 Å². The number of ether oxygens (including phenoxy) is 1. The van der Waals surface area contributed by atoms with Crippen LogP contribution in [0.25, 0.3) is 10.9 Å². The molecule has 2 saturated heterocycles. The van der Waals surface area contributed by atoms with Gasteiger partial charge in [0.1, 0.15) is 5.54 Å². The van der Waals surface area contributed by atoms with Crippen LogP contribution in [0.2, 0.25) is 0 Å². The first-order valence-corrected chi connectivity index (χ1v) is 15.8. The van der Waals surface area contributed by atoms with Gasteiger partial charge in [0.2, 0.25) is 5.91 Å². The normalized spacial score (nSPS) is 17.4. The molecule has 45 heavy (non-hydrogen) atoms. The SMILES string of the molecule is COC(O)CCc1cn(CCCN2CCC3(CC2)C(=O)N(Cc2cccc(C(=O)O)c2)CN3c2ccccc2)c2ccccc12. The maximum Gasteiger partial charge on any atom is 0.335 e. The molecule has 6 rings (SSSR count). The summed E-state index contributed by atoms with van der Waals surface area (Å²) in [7, 11) is 1.53. The maximum absolute atomic E-state index is 14.2. The fourth-order valence-corrected chi connectivity index (χ4v) is 7.06. The Morgan fingerprint density at radius 1 is 0.978 bits per heavy atom. The first kappa shape index (κ1) is 30.8. The summed E-state index contributed by atoms with van der Waals surface area (Å²) in [4.78, 5) is 32.3. The topological polar surface area (TPSA) is 98.5 Å². The second-order valence-corrected chi connectivity index (χ2v) is 12.2. The first-order valence-electron chi connectivity index (χ1n) is 15.8. The predicted molar refractivity (Wildman–Crippen MR) is 174 cm³/mol. The van der Waals surface area contributed by atoms with Crippen LogP contribution in [0.15, 0.2) is 85.1 Å². The minimum atomic E-state index is -0.966. The summed E-state index contributed by atoms with van der Waals surface area (Å²) in [5.74, 6) is -0.844. The zero-order valence-corrected chi connectivity index (χ0v) is 25.8. The van der Waals surface area contributed by atoms with Crippen molar-refractivity contribution in [2.75, 3.05) is 38.3 Å². The average molecular weight is 611 g/mol. The van der Waals surface area contributed by atoms with Crippen LogP contribution < -0.4 is 4.90 Å². The zero-order valence-electron chi connectivity index (χ0n) is 25.8. The summed E-state index contributed by atoms with van der Waals surface area (Å²) in [6, 6.07) is 25.5. The quantitative estimate of drug-likeness (QED) is 0.219. The molecule has 0 saturated carbocycles. The molecule has 0 aliphatic carbocycles. The highest BCUT2D eigenvalue weighted by Crippen LogP contribution is 2.40. The second-order valence-electron chi connectivity index (χ2n) is 12.2. The van der Waals surface area contributed by atoms with Gasteiger partial charge in [-0.1, -0.05) is 48.5 Å². The van der Waals surface area contributed by atoms with Crippen LogP contribution in [0.4, 0.5) is 5.69 Å². The number of anilines is 1. The van der Waals surface area contributed by atoms with Gasteiger partial charge in [-0.3, -0.25) is 4.79 Å². The fraction of sp³-hybridized carbons (Fsp3) is 0.389. The van der Waals surface area contributed by atoms with E-state index in [0.29, 0.717) is 19.6 Å². The van der Waals surface area contributed by atoms with E-state index in [2.05, 4.69) is 57.0 Å². The van der Waals surface area contributed by atoms with Crippen molar-refractivity contribution in [3.63, 3.8) is 0 Å². The lowest BCUT2D eigenvalue weighted by Gasteiger charge is -2.43. The van der Waals surface area contributed by atoms with Crippen molar-refractivity contribution >= 4 is 28.5 Å². The summed E-state index contributed by atoms with van der Waals surface area (Å²) in [6.45, 7) is 4.38. The van der Waals surface area contributed by atoms with E-state index in [1.807, 2.05) is 29.2 Å². The van der Waals surface area contributed by atoms with Gasteiger partial charge in [-0.15, -0.1) is 0 Å². The number of fused-ring (bicyclic) bond motifs is 1. The molecule has 1 amide bonds. The molecule has 1 atom stereocenters. The number of aromatic nitrogens is 1. The maximum atomic E-state index is 14.2. The lowest BCUT2D eigenvalue weighted by Crippen LogP contribution is -2.56. The molecule has 2 aliphatic heterocycles. The smallest absolute Gasteiger partial charge is 0.335 e. The molecule has 1 unspecified atom stereocenters. The van der Waals surface area contributed by atoms with Crippen molar-refractivity contribution in [3.8, 4) is 0 Å².